The minimum absolute atomic E-state index is 0.000509. The monoisotopic (exact) mass is 282 g/mol. The summed E-state index contributed by atoms with van der Waals surface area (Å²) in [6.45, 7) is 0. The normalized spacial score (nSPS) is 8.64. The SMILES string of the molecule is Fc1cnc(Cl)nc1C#CI. The molecule has 2 nitrogen and oxygen atoms in total. The first-order valence-electron chi connectivity index (χ1n) is 2.53. The van der Waals surface area contributed by atoms with Crippen molar-refractivity contribution >= 4 is 34.2 Å². The quantitative estimate of drug-likeness (QED) is 0.413. The molecular weight excluding hydrogens is 281 g/mol. The molecule has 0 fully saturated rings. The highest BCUT2D eigenvalue weighted by Gasteiger charge is 2.01. The van der Waals surface area contributed by atoms with Crippen LogP contribution in [0.5, 0.6) is 0 Å². The molecule has 1 aromatic rings. The number of aromatic nitrogens is 2. The summed E-state index contributed by atoms with van der Waals surface area (Å²) in [7, 11) is 0. The summed E-state index contributed by atoms with van der Waals surface area (Å²) in [6, 6.07) is 0. The van der Waals surface area contributed by atoms with E-state index in [2.05, 4.69) is 19.8 Å². The molecule has 56 valence electrons. The average Bonchev–Trinajstić information content (AvgIpc) is 1.98. The largest absolute Gasteiger partial charge is 0.223 e. The summed E-state index contributed by atoms with van der Waals surface area (Å²) in [5.74, 6) is 1.89. The molecule has 1 rings (SSSR count). The second-order valence-corrected chi connectivity index (χ2v) is 2.43. The third-order valence-corrected chi connectivity index (χ3v) is 1.33. The number of hydrogen-bond donors (Lipinski definition) is 0. The summed E-state index contributed by atoms with van der Waals surface area (Å²) in [5.41, 5.74) is 0.0272. The minimum atomic E-state index is -0.557. The van der Waals surface area contributed by atoms with E-state index < -0.39 is 5.82 Å². The van der Waals surface area contributed by atoms with E-state index in [1.54, 1.807) is 22.6 Å². The van der Waals surface area contributed by atoms with Crippen LogP contribution in [-0.2, 0) is 0 Å². The van der Waals surface area contributed by atoms with Gasteiger partial charge in [0.05, 0.1) is 6.20 Å². The van der Waals surface area contributed by atoms with Gasteiger partial charge >= 0.3 is 0 Å². The van der Waals surface area contributed by atoms with Crippen molar-refractivity contribution in [1.82, 2.24) is 9.97 Å². The van der Waals surface area contributed by atoms with Gasteiger partial charge in [-0.3, -0.25) is 0 Å². The second-order valence-electron chi connectivity index (χ2n) is 1.56. The summed E-state index contributed by atoms with van der Waals surface area (Å²) < 4.78 is 15.2. The van der Waals surface area contributed by atoms with Crippen LogP contribution in [-0.4, -0.2) is 9.97 Å². The molecule has 0 spiro atoms. The van der Waals surface area contributed by atoms with Crippen molar-refractivity contribution < 1.29 is 4.39 Å². The van der Waals surface area contributed by atoms with Crippen LogP contribution in [0.25, 0.3) is 0 Å². The van der Waals surface area contributed by atoms with Gasteiger partial charge in [-0.1, -0.05) is 0 Å². The maximum atomic E-state index is 12.7. The first-order chi connectivity index (χ1) is 5.24. The minimum Gasteiger partial charge on any atom is -0.223 e. The predicted octanol–water partition coefficient (Wildman–Crippen LogP) is 2.01. The molecule has 0 N–H and O–H groups in total. The third kappa shape index (κ3) is 2.27. The van der Waals surface area contributed by atoms with Crippen molar-refractivity contribution in [2.45, 2.75) is 0 Å². The van der Waals surface area contributed by atoms with Gasteiger partial charge in [0, 0.05) is 22.6 Å². The predicted molar refractivity (Wildman–Crippen MR) is 47.9 cm³/mol. The van der Waals surface area contributed by atoms with Crippen molar-refractivity contribution in [1.29, 1.82) is 0 Å². The lowest BCUT2D eigenvalue weighted by molar-refractivity contribution is 0.609. The van der Waals surface area contributed by atoms with Gasteiger partial charge in [-0.25, -0.2) is 14.4 Å². The Morgan fingerprint density at radius 3 is 3.00 bits per heavy atom. The van der Waals surface area contributed by atoms with E-state index >= 15 is 0 Å². The second kappa shape index (κ2) is 3.83. The van der Waals surface area contributed by atoms with Gasteiger partial charge in [0.15, 0.2) is 11.5 Å². The molecule has 0 aromatic carbocycles. The molecule has 0 aliphatic rings. The molecule has 0 bridgehead atoms. The average molecular weight is 282 g/mol. The van der Waals surface area contributed by atoms with Gasteiger partial charge < -0.3 is 0 Å². The number of nitrogens with zero attached hydrogens (tertiary/aromatic N) is 2. The highest BCUT2D eigenvalue weighted by molar-refractivity contribution is 14.1. The Morgan fingerprint density at radius 1 is 1.64 bits per heavy atom. The fourth-order valence-electron chi connectivity index (χ4n) is 0.478. The van der Waals surface area contributed by atoms with Crippen molar-refractivity contribution in [3.05, 3.63) is 23.0 Å². The van der Waals surface area contributed by atoms with E-state index in [0.29, 0.717) is 0 Å². The van der Waals surface area contributed by atoms with Crippen molar-refractivity contribution in [2.24, 2.45) is 0 Å². The van der Waals surface area contributed by atoms with E-state index in [4.69, 9.17) is 11.6 Å². The topological polar surface area (TPSA) is 25.8 Å². The van der Waals surface area contributed by atoms with Crippen LogP contribution in [0.3, 0.4) is 0 Å². The van der Waals surface area contributed by atoms with Crippen molar-refractivity contribution in [3.63, 3.8) is 0 Å². The summed E-state index contributed by atoms with van der Waals surface area (Å²) >= 11 is 7.18. The van der Waals surface area contributed by atoms with Gasteiger partial charge in [0.1, 0.15) is 0 Å². The van der Waals surface area contributed by atoms with Gasteiger partial charge in [-0.05, 0) is 21.4 Å². The molecule has 0 amide bonds. The molecule has 5 heteroatoms. The molecule has 0 aliphatic heterocycles. The van der Waals surface area contributed by atoms with Crippen molar-refractivity contribution in [3.8, 4) is 9.85 Å². The van der Waals surface area contributed by atoms with Gasteiger partial charge in [0.2, 0.25) is 5.28 Å². The van der Waals surface area contributed by atoms with Crippen molar-refractivity contribution in [2.75, 3.05) is 0 Å². The van der Waals surface area contributed by atoms with Gasteiger partial charge in [-0.2, -0.15) is 0 Å². The maximum Gasteiger partial charge on any atom is 0.223 e. The summed E-state index contributed by atoms with van der Waals surface area (Å²) in [6.07, 6.45) is 0.992. The summed E-state index contributed by atoms with van der Waals surface area (Å²) in [5, 5.41) is 0.000509. The van der Waals surface area contributed by atoms with Crippen LogP contribution in [0.2, 0.25) is 5.28 Å². The molecule has 0 atom stereocenters. The molecule has 0 saturated heterocycles. The Balaban J connectivity index is 3.19. The zero-order chi connectivity index (χ0) is 8.27. The molecule has 11 heavy (non-hydrogen) atoms. The van der Waals surface area contributed by atoms with E-state index in [1.807, 2.05) is 0 Å². The standard InChI is InChI=1S/C6HClFIN2/c7-6-10-3-4(8)5(11-6)1-2-9/h3H. The first-order valence-corrected chi connectivity index (χ1v) is 3.99. The summed E-state index contributed by atoms with van der Waals surface area (Å²) in [4.78, 5) is 6.99. The van der Waals surface area contributed by atoms with E-state index in [9.17, 15) is 4.39 Å². The molecule has 1 heterocycles. The highest BCUT2D eigenvalue weighted by Crippen LogP contribution is 2.04. The molecule has 1 aromatic heterocycles. The zero-order valence-corrected chi connectivity index (χ0v) is 8.02. The lowest BCUT2D eigenvalue weighted by Crippen LogP contribution is -1.91. The van der Waals surface area contributed by atoms with Gasteiger partial charge in [0.25, 0.3) is 0 Å². The van der Waals surface area contributed by atoms with E-state index in [1.165, 1.54) is 0 Å². The Morgan fingerprint density at radius 2 is 2.36 bits per heavy atom. The van der Waals surface area contributed by atoms with Crippen LogP contribution in [0.1, 0.15) is 5.69 Å². The maximum absolute atomic E-state index is 12.7. The van der Waals surface area contributed by atoms with Crippen LogP contribution < -0.4 is 0 Å². The first kappa shape index (κ1) is 8.68. The number of rotatable bonds is 0. The molecule has 0 aliphatic carbocycles. The zero-order valence-electron chi connectivity index (χ0n) is 5.11. The van der Waals surface area contributed by atoms with Crippen LogP contribution in [0, 0.1) is 15.7 Å². The van der Waals surface area contributed by atoms with E-state index in [-0.39, 0.29) is 11.0 Å². The Hall–Kier alpha value is -0.410. The fourth-order valence-corrected chi connectivity index (χ4v) is 0.867. The lowest BCUT2D eigenvalue weighted by atomic mass is 10.4. The third-order valence-electron chi connectivity index (χ3n) is 0.880. The molecule has 0 unspecified atom stereocenters. The fraction of sp³-hybridized carbons (Fsp3) is 0. The van der Waals surface area contributed by atoms with Crippen LogP contribution >= 0.6 is 34.2 Å². The Kier molecular flexibility index (Phi) is 3.02. The highest BCUT2D eigenvalue weighted by atomic mass is 127. The Bertz CT molecular complexity index is 331. The molecular formula is C6HClFIN2. The van der Waals surface area contributed by atoms with E-state index in [0.717, 1.165) is 6.20 Å². The molecule has 0 radical (unpaired) electrons. The van der Waals surface area contributed by atoms with Gasteiger partial charge in [-0.15, -0.1) is 0 Å². The Labute approximate surface area is 81.3 Å². The smallest absolute Gasteiger partial charge is 0.223 e. The molecule has 0 saturated carbocycles. The van der Waals surface area contributed by atoms with Crippen LogP contribution in [0.15, 0.2) is 6.20 Å². The number of halogens is 3. The lowest BCUT2D eigenvalue weighted by Gasteiger charge is -1.91. The van der Waals surface area contributed by atoms with Crippen LogP contribution in [0.4, 0.5) is 4.39 Å². The number of hydrogen-bond acceptors (Lipinski definition) is 2.